The van der Waals surface area contributed by atoms with Gasteiger partial charge in [0, 0.05) is 4.75 Å². The molecule has 12 heteroatoms. The molecule has 1 N–H and O–H groups in total. The quantitative estimate of drug-likeness (QED) is 0.303. The van der Waals surface area contributed by atoms with Crippen molar-refractivity contribution in [3.63, 3.8) is 0 Å². The third kappa shape index (κ3) is 2.43. The first-order valence-electron chi connectivity index (χ1n) is 6.80. The maximum absolute atomic E-state index is 12.3. The van der Waals surface area contributed by atoms with E-state index in [2.05, 4.69) is 15.5 Å². The number of amides is 2. The second-order valence-corrected chi connectivity index (χ2v) is 9.49. The minimum atomic E-state index is -1.21. The number of carboxylic acid groups (broad SMARTS) is 1. The van der Waals surface area contributed by atoms with Gasteiger partial charge >= 0.3 is 29.6 Å². The minimum Gasteiger partial charge on any atom is -0.548 e. The van der Waals surface area contributed by atoms with E-state index in [1.807, 2.05) is 6.92 Å². The zero-order valence-corrected chi connectivity index (χ0v) is 17.3. The van der Waals surface area contributed by atoms with Crippen LogP contribution in [0.15, 0.2) is 9.85 Å². The molecule has 1 saturated carbocycles. The number of β-lactam (4-membered cyclic amide) rings is 1. The summed E-state index contributed by atoms with van der Waals surface area (Å²) in [4.78, 5) is 37.1. The van der Waals surface area contributed by atoms with E-state index in [1.165, 1.54) is 39.8 Å². The number of carboxylic acids is 1. The van der Waals surface area contributed by atoms with Crippen molar-refractivity contribution in [1.29, 1.82) is 0 Å². The summed E-state index contributed by atoms with van der Waals surface area (Å²) in [5.41, 5.74) is 0.386. The smallest absolute Gasteiger partial charge is 0.548 e. The molecule has 0 aromatic carbocycles. The van der Waals surface area contributed by atoms with Gasteiger partial charge in [0.2, 0.25) is 11.8 Å². The number of aliphatic carboxylic acids is 1. The third-order valence-electron chi connectivity index (χ3n) is 4.50. The monoisotopic (exact) mass is 394 g/mol. The molecular weight excluding hydrogens is 383 g/mol. The van der Waals surface area contributed by atoms with Gasteiger partial charge in [0.1, 0.15) is 16.9 Å². The molecule has 3 heterocycles. The number of rotatable bonds is 5. The molecule has 0 bridgehead atoms. The number of carbonyl (C=O) groups excluding carboxylic acids is 3. The van der Waals surface area contributed by atoms with Gasteiger partial charge in [-0.25, -0.2) is 0 Å². The van der Waals surface area contributed by atoms with Crippen LogP contribution in [0, 0.1) is 0 Å². The molecule has 24 heavy (non-hydrogen) atoms. The van der Waals surface area contributed by atoms with E-state index in [0.29, 0.717) is 10.8 Å². The standard InChI is InChI=1S/C12H12N4O4S3.Na/c1-11-3-12(11,9(19)20)16-7(18)6(8(16)23-11)14-5(17)2-21-10-15-13-4-22-10;/h4,6,8H,2-3H2,1H3,(H,14,17)(H,19,20);/q;+1/p-1/t6?,8-,11?,12?;/m1./s1. The molecule has 1 aromatic heterocycles. The van der Waals surface area contributed by atoms with Crippen molar-refractivity contribution in [3.05, 3.63) is 5.51 Å². The summed E-state index contributed by atoms with van der Waals surface area (Å²) in [5.74, 6) is -1.70. The fourth-order valence-electron chi connectivity index (χ4n) is 3.27. The second kappa shape index (κ2) is 6.13. The molecule has 1 aliphatic carbocycles. The van der Waals surface area contributed by atoms with E-state index in [1.54, 1.807) is 5.51 Å². The van der Waals surface area contributed by atoms with Gasteiger partial charge in [0.15, 0.2) is 4.34 Å². The van der Waals surface area contributed by atoms with Crippen LogP contribution in [0.1, 0.15) is 13.3 Å². The average Bonchev–Trinajstić information content (AvgIpc) is 2.87. The Morgan fingerprint density at radius 3 is 2.96 bits per heavy atom. The van der Waals surface area contributed by atoms with Gasteiger partial charge in [-0.3, -0.25) is 9.59 Å². The molecule has 3 aliphatic rings. The van der Waals surface area contributed by atoms with Crippen molar-refractivity contribution in [3.8, 4) is 0 Å². The molecular formula is C12H11N4NaO4S3. The number of hydrogen-bond acceptors (Lipinski definition) is 9. The minimum absolute atomic E-state index is 0. The van der Waals surface area contributed by atoms with E-state index in [9.17, 15) is 19.5 Å². The van der Waals surface area contributed by atoms with Crippen molar-refractivity contribution < 1.29 is 49.0 Å². The Morgan fingerprint density at radius 1 is 1.58 bits per heavy atom. The van der Waals surface area contributed by atoms with Crippen molar-refractivity contribution in [1.82, 2.24) is 20.4 Å². The molecule has 1 aromatic rings. The number of thioether (sulfide) groups is 2. The van der Waals surface area contributed by atoms with Crippen molar-refractivity contribution in [2.24, 2.45) is 0 Å². The fourth-order valence-corrected chi connectivity index (χ4v) is 6.48. The summed E-state index contributed by atoms with van der Waals surface area (Å²) in [7, 11) is 0. The SMILES string of the molecule is CC12CC1(C(=O)[O-])N1C(=O)C(NC(=O)CSc3nncs3)[C@H]1S2.[Na+]. The molecule has 2 amide bonds. The second-order valence-electron chi connectivity index (χ2n) is 5.81. The first-order chi connectivity index (χ1) is 10.9. The summed E-state index contributed by atoms with van der Waals surface area (Å²) < 4.78 is 0.175. The summed E-state index contributed by atoms with van der Waals surface area (Å²) in [5, 5.41) is 21.3. The summed E-state index contributed by atoms with van der Waals surface area (Å²) >= 11 is 4.02. The van der Waals surface area contributed by atoms with Crippen LogP contribution in [-0.2, 0) is 14.4 Å². The summed E-state index contributed by atoms with van der Waals surface area (Å²) in [6, 6.07) is -0.664. The molecule has 0 spiro atoms. The molecule has 4 atom stereocenters. The Morgan fingerprint density at radius 2 is 2.33 bits per heavy atom. The van der Waals surface area contributed by atoms with Crippen molar-refractivity contribution >= 4 is 52.6 Å². The van der Waals surface area contributed by atoms with Crippen LogP contribution in [0.5, 0.6) is 0 Å². The van der Waals surface area contributed by atoms with Crippen LogP contribution in [0.2, 0.25) is 0 Å². The van der Waals surface area contributed by atoms with Gasteiger partial charge in [0.25, 0.3) is 0 Å². The van der Waals surface area contributed by atoms with Crippen molar-refractivity contribution in [2.75, 3.05) is 5.75 Å². The van der Waals surface area contributed by atoms with E-state index in [-0.39, 0.29) is 52.5 Å². The molecule has 0 radical (unpaired) electrons. The number of nitrogens with zero attached hydrogens (tertiary/aromatic N) is 3. The Kier molecular flexibility index (Phi) is 4.72. The Bertz CT molecular complexity index is 719. The van der Waals surface area contributed by atoms with Gasteiger partial charge in [-0.15, -0.1) is 22.0 Å². The van der Waals surface area contributed by atoms with Gasteiger partial charge in [-0.05, 0) is 13.3 Å². The Hall–Kier alpha value is -0.330. The first kappa shape index (κ1) is 18.5. The number of aromatic nitrogens is 2. The van der Waals surface area contributed by atoms with E-state index in [0.717, 1.165) is 0 Å². The van der Waals surface area contributed by atoms with E-state index < -0.39 is 22.3 Å². The van der Waals surface area contributed by atoms with Gasteiger partial charge < -0.3 is 20.1 Å². The van der Waals surface area contributed by atoms with E-state index >= 15 is 0 Å². The average molecular weight is 394 g/mol. The van der Waals surface area contributed by atoms with Crippen LogP contribution >= 0.6 is 34.9 Å². The third-order valence-corrected chi connectivity index (χ3v) is 8.09. The maximum atomic E-state index is 12.3. The number of nitrogens with one attached hydrogen (secondary N) is 1. The summed E-state index contributed by atoms with van der Waals surface area (Å²) in [6.45, 7) is 1.82. The molecule has 8 nitrogen and oxygen atoms in total. The molecule has 3 unspecified atom stereocenters. The predicted molar refractivity (Wildman–Crippen MR) is 81.5 cm³/mol. The largest absolute Gasteiger partial charge is 1.00 e. The summed E-state index contributed by atoms with van der Waals surface area (Å²) in [6.07, 6.45) is 0.406. The Labute approximate surface area is 171 Å². The normalized spacial score (nSPS) is 35.4. The predicted octanol–water partition coefficient (Wildman–Crippen LogP) is -4.31. The zero-order chi connectivity index (χ0) is 16.4. The number of hydrogen-bond donors (Lipinski definition) is 1. The molecule has 3 fully saturated rings. The molecule has 2 saturated heterocycles. The Balaban J connectivity index is 0.00000169. The van der Waals surface area contributed by atoms with Gasteiger partial charge in [0.05, 0.1) is 17.3 Å². The van der Waals surface area contributed by atoms with Crippen LogP contribution in [0.25, 0.3) is 0 Å². The van der Waals surface area contributed by atoms with Gasteiger partial charge in [-0.2, -0.15) is 0 Å². The zero-order valence-electron chi connectivity index (χ0n) is 12.8. The first-order valence-corrected chi connectivity index (χ1v) is 9.54. The van der Waals surface area contributed by atoms with E-state index in [4.69, 9.17) is 0 Å². The van der Waals surface area contributed by atoms with Crippen LogP contribution in [0.4, 0.5) is 0 Å². The topological polar surface area (TPSA) is 115 Å². The van der Waals surface area contributed by atoms with Crippen molar-refractivity contribution in [2.45, 2.75) is 39.4 Å². The number of fused-ring (bicyclic) bond motifs is 3. The molecule has 122 valence electrons. The van der Waals surface area contributed by atoms with Gasteiger partial charge in [-0.1, -0.05) is 23.1 Å². The van der Waals surface area contributed by atoms with Crippen LogP contribution in [-0.4, -0.2) is 60.3 Å². The maximum Gasteiger partial charge on any atom is 1.00 e. The fraction of sp³-hybridized carbons (Fsp3) is 0.583. The molecule has 2 aliphatic heterocycles. The number of carbonyl (C=O) groups is 3. The van der Waals surface area contributed by atoms with Crippen LogP contribution in [0.3, 0.4) is 0 Å². The molecule has 4 rings (SSSR count). The van der Waals surface area contributed by atoms with Crippen LogP contribution < -0.4 is 40.0 Å².